The number of carbonyl (C=O) groups is 2. The van der Waals surface area contributed by atoms with Crippen molar-refractivity contribution in [2.45, 2.75) is 31.8 Å². The third kappa shape index (κ3) is 5.48. The van der Waals surface area contributed by atoms with Crippen molar-refractivity contribution in [1.82, 2.24) is 19.7 Å². The molecule has 2 aliphatic heterocycles. The van der Waals surface area contributed by atoms with E-state index < -0.39 is 0 Å². The lowest BCUT2D eigenvalue weighted by Crippen LogP contribution is -2.45. The van der Waals surface area contributed by atoms with E-state index in [0.717, 1.165) is 53.7 Å². The number of carbonyl (C=O) groups excluding carboxylic acids is 2. The normalized spacial score (nSPS) is 16.5. The van der Waals surface area contributed by atoms with Crippen molar-refractivity contribution in [2.75, 3.05) is 52.7 Å². The standard InChI is InChI=1S/C29H34ClN5O3/c1-33(2)20-10-14-35(15-11-20)29(37)28-21-6-4-5-7-23(21)31-24-12-13-34(17-22(24)28)18-27(36)32-25-16-19(30)8-9-26(25)38-3/h4-9,16,20H,10-15,17-18H2,1-3H3,(H,32,36). The first-order valence-corrected chi connectivity index (χ1v) is 13.4. The molecule has 2 aliphatic rings. The van der Waals surface area contributed by atoms with Crippen LogP contribution in [0.2, 0.25) is 5.02 Å². The fraction of sp³-hybridized carbons (Fsp3) is 0.414. The van der Waals surface area contributed by atoms with E-state index in [0.29, 0.717) is 42.0 Å². The van der Waals surface area contributed by atoms with E-state index in [1.807, 2.05) is 29.2 Å². The average molecular weight is 536 g/mol. The highest BCUT2D eigenvalue weighted by molar-refractivity contribution is 6.31. The molecule has 0 spiro atoms. The molecule has 1 N–H and O–H groups in total. The minimum atomic E-state index is -0.165. The van der Waals surface area contributed by atoms with Crippen LogP contribution in [0.15, 0.2) is 42.5 Å². The lowest BCUT2D eigenvalue weighted by Gasteiger charge is -2.36. The van der Waals surface area contributed by atoms with Gasteiger partial charge in [-0.2, -0.15) is 0 Å². The smallest absolute Gasteiger partial charge is 0.254 e. The lowest BCUT2D eigenvalue weighted by atomic mass is 9.94. The number of ether oxygens (including phenoxy) is 1. The minimum Gasteiger partial charge on any atom is -0.495 e. The Bertz CT molecular complexity index is 1350. The summed E-state index contributed by atoms with van der Waals surface area (Å²) in [6.07, 6.45) is 2.60. The molecule has 38 heavy (non-hydrogen) atoms. The maximum absolute atomic E-state index is 14.0. The summed E-state index contributed by atoms with van der Waals surface area (Å²) < 4.78 is 5.36. The van der Waals surface area contributed by atoms with E-state index in [4.69, 9.17) is 21.3 Å². The van der Waals surface area contributed by atoms with Crippen LogP contribution in [0, 0.1) is 0 Å². The van der Waals surface area contributed by atoms with Crippen molar-refractivity contribution in [2.24, 2.45) is 0 Å². The molecule has 1 saturated heterocycles. The van der Waals surface area contributed by atoms with Gasteiger partial charge >= 0.3 is 0 Å². The molecular formula is C29H34ClN5O3. The van der Waals surface area contributed by atoms with E-state index in [-0.39, 0.29) is 18.4 Å². The second-order valence-electron chi connectivity index (χ2n) is 10.3. The van der Waals surface area contributed by atoms with Gasteiger partial charge in [0.2, 0.25) is 5.91 Å². The number of hydrogen-bond acceptors (Lipinski definition) is 6. The molecule has 0 saturated carbocycles. The van der Waals surface area contributed by atoms with Crippen molar-refractivity contribution in [3.8, 4) is 5.75 Å². The van der Waals surface area contributed by atoms with Crippen LogP contribution in [0.1, 0.15) is 34.5 Å². The number of nitrogens with zero attached hydrogens (tertiary/aromatic N) is 4. The molecular weight excluding hydrogens is 502 g/mol. The molecule has 9 heteroatoms. The number of hydrogen-bond donors (Lipinski definition) is 1. The predicted octanol–water partition coefficient (Wildman–Crippen LogP) is 4.06. The minimum absolute atomic E-state index is 0.0621. The van der Waals surface area contributed by atoms with Crippen LogP contribution in [-0.4, -0.2) is 84.9 Å². The molecule has 3 heterocycles. The maximum atomic E-state index is 14.0. The molecule has 0 bridgehead atoms. The van der Waals surface area contributed by atoms with Crippen molar-refractivity contribution in [3.05, 3.63) is 64.3 Å². The highest BCUT2D eigenvalue weighted by atomic mass is 35.5. The molecule has 3 aromatic rings. The number of benzene rings is 2. The summed E-state index contributed by atoms with van der Waals surface area (Å²) in [5, 5.41) is 4.31. The molecule has 0 unspecified atom stereocenters. The molecule has 1 fully saturated rings. The van der Waals surface area contributed by atoms with E-state index in [1.165, 1.54) is 0 Å². The Morgan fingerprint density at radius 1 is 1.13 bits per heavy atom. The average Bonchev–Trinajstić information content (AvgIpc) is 2.91. The highest BCUT2D eigenvalue weighted by Gasteiger charge is 2.31. The van der Waals surface area contributed by atoms with Gasteiger partial charge in [-0.1, -0.05) is 29.8 Å². The van der Waals surface area contributed by atoms with Crippen molar-refractivity contribution >= 4 is 40.0 Å². The summed E-state index contributed by atoms with van der Waals surface area (Å²) in [6, 6.07) is 13.5. The lowest BCUT2D eigenvalue weighted by molar-refractivity contribution is -0.117. The number of anilines is 1. The van der Waals surface area contributed by atoms with Crippen molar-refractivity contribution in [1.29, 1.82) is 0 Å². The Kier molecular flexibility index (Phi) is 7.83. The molecule has 0 radical (unpaired) electrons. The Balaban J connectivity index is 1.39. The quantitative estimate of drug-likeness (QED) is 0.513. The topological polar surface area (TPSA) is 78.0 Å². The van der Waals surface area contributed by atoms with Crippen molar-refractivity contribution < 1.29 is 14.3 Å². The number of aromatic nitrogens is 1. The summed E-state index contributed by atoms with van der Waals surface area (Å²) in [7, 11) is 5.75. The summed E-state index contributed by atoms with van der Waals surface area (Å²) in [6.45, 7) is 2.83. The van der Waals surface area contributed by atoms with E-state index in [2.05, 4.69) is 29.2 Å². The van der Waals surface area contributed by atoms with Gasteiger partial charge in [0.25, 0.3) is 5.91 Å². The van der Waals surface area contributed by atoms with Gasteiger partial charge in [0.15, 0.2) is 0 Å². The highest BCUT2D eigenvalue weighted by Crippen LogP contribution is 2.31. The van der Waals surface area contributed by atoms with Crippen LogP contribution in [0.5, 0.6) is 5.75 Å². The number of rotatable bonds is 6. The van der Waals surface area contributed by atoms with Gasteiger partial charge in [-0.25, -0.2) is 0 Å². The number of pyridine rings is 1. The number of amides is 2. The fourth-order valence-electron chi connectivity index (χ4n) is 5.54. The van der Waals surface area contributed by atoms with Gasteiger partial charge < -0.3 is 19.9 Å². The van der Waals surface area contributed by atoms with Crippen LogP contribution in [0.3, 0.4) is 0 Å². The monoisotopic (exact) mass is 535 g/mol. The van der Waals surface area contributed by atoms with Crippen LogP contribution in [0.25, 0.3) is 10.9 Å². The maximum Gasteiger partial charge on any atom is 0.254 e. The molecule has 5 rings (SSSR count). The van der Waals surface area contributed by atoms with Crippen LogP contribution in [-0.2, 0) is 17.8 Å². The van der Waals surface area contributed by atoms with Gasteiger partial charge in [0.05, 0.1) is 30.4 Å². The van der Waals surface area contributed by atoms with Gasteiger partial charge in [-0.05, 0) is 51.2 Å². The van der Waals surface area contributed by atoms with Gasteiger partial charge in [-0.3, -0.25) is 19.5 Å². The number of likely N-dealkylation sites (tertiary alicyclic amines) is 1. The van der Waals surface area contributed by atoms with Gasteiger partial charge in [0.1, 0.15) is 5.75 Å². The van der Waals surface area contributed by atoms with E-state index in [1.54, 1.807) is 25.3 Å². The number of fused-ring (bicyclic) bond motifs is 2. The second-order valence-corrected chi connectivity index (χ2v) is 10.7. The first-order valence-electron chi connectivity index (χ1n) is 13.1. The van der Waals surface area contributed by atoms with Crippen LogP contribution < -0.4 is 10.1 Å². The first-order chi connectivity index (χ1) is 18.3. The molecule has 2 aromatic carbocycles. The predicted molar refractivity (Wildman–Crippen MR) is 150 cm³/mol. The third-order valence-electron chi connectivity index (χ3n) is 7.62. The summed E-state index contributed by atoms with van der Waals surface area (Å²) in [4.78, 5) is 38.2. The van der Waals surface area contributed by atoms with Crippen LogP contribution in [0.4, 0.5) is 5.69 Å². The molecule has 8 nitrogen and oxygen atoms in total. The summed E-state index contributed by atoms with van der Waals surface area (Å²) in [5.74, 6) is 0.446. The molecule has 2 amide bonds. The largest absolute Gasteiger partial charge is 0.495 e. The third-order valence-corrected chi connectivity index (χ3v) is 7.86. The van der Waals surface area contributed by atoms with Gasteiger partial charge in [-0.15, -0.1) is 0 Å². The zero-order valence-corrected chi connectivity index (χ0v) is 22.9. The summed E-state index contributed by atoms with van der Waals surface area (Å²) in [5.41, 5.74) is 3.99. The zero-order chi connectivity index (χ0) is 26.8. The van der Waals surface area contributed by atoms with E-state index >= 15 is 0 Å². The Morgan fingerprint density at radius 3 is 2.63 bits per heavy atom. The Hall–Kier alpha value is -3.20. The number of piperidine rings is 1. The number of para-hydroxylation sites is 1. The molecule has 1 aromatic heterocycles. The number of halogens is 1. The van der Waals surface area contributed by atoms with Crippen molar-refractivity contribution in [3.63, 3.8) is 0 Å². The number of nitrogens with one attached hydrogen (secondary N) is 1. The van der Waals surface area contributed by atoms with Gasteiger partial charge in [0, 0.05) is 60.3 Å². The Labute approximate surface area is 228 Å². The molecule has 0 aliphatic carbocycles. The SMILES string of the molecule is COc1ccc(Cl)cc1NC(=O)CN1CCc2nc3ccccc3c(C(=O)N3CCC(N(C)C)CC3)c2C1. The molecule has 200 valence electrons. The van der Waals surface area contributed by atoms with Crippen LogP contribution >= 0.6 is 11.6 Å². The second kappa shape index (κ2) is 11.3. The first kappa shape index (κ1) is 26.4. The van der Waals surface area contributed by atoms with E-state index in [9.17, 15) is 9.59 Å². The molecule has 0 atom stereocenters. The Morgan fingerprint density at radius 2 is 1.89 bits per heavy atom. The fourth-order valence-corrected chi connectivity index (χ4v) is 5.71. The number of methoxy groups -OCH3 is 1. The summed E-state index contributed by atoms with van der Waals surface area (Å²) >= 11 is 6.12. The zero-order valence-electron chi connectivity index (χ0n) is 22.2.